The quantitative estimate of drug-likeness (QED) is 0.196. The summed E-state index contributed by atoms with van der Waals surface area (Å²) in [4.78, 5) is 81.2. The van der Waals surface area contributed by atoms with Gasteiger partial charge in [-0.3, -0.25) is 19.2 Å². The first kappa shape index (κ1) is 37.9. The number of carbonyl (C=O) groups is 6. The fourth-order valence-electron chi connectivity index (χ4n) is 7.19. The molecule has 12 heteroatoms. The van der Waals surface area contributed by atoms with Crippen molar-refractivity contribution in [1.29, 1.82) is 0 Å². The first-order valence-corrected chi connectivity index (χ1v) is 17.2. The zero-order chi connectivity index (χ0) is 36.6. The Hall–Kier alpha value is -3.96. The molecule has 1 aliphatic heterocycles. The zero-order valence-electron chi connectivity index (χ0n) is 30.4. The van der Waals surface area contributed by atoms with Gasteiger partial charge in [-0.05, 0) is 58.1 Å². The molecule has 12 nitrogen and oxygen atoms in total. The average molecular weight is 683 g/mol. The molecule has 0 radical (unpaired) electrons. The number of nitrogens with zero attached hydrogens (tertiary/aromatic N) is 1. The van der Waals surface area contributed by atoms with Crippen LogP contribution in [0.25, 0.3) is 0 Å². The Kier molecular flexibility index (Phi) is 10.9. The number of Topliss-reactive ketones (excluding diaryl/α,β-unsaturated/α-hetero) is 2. The third-order valence-corrected chi connectivity index (χ3v) is 10.5. The largest absolute Gasteiger partial charge is 0.497 e. The van der Waals surface area contributed by atoms with Crippen molar-refractivity contribution < 1.29 is 38.2 Å². The van der Waals surface area contributed by atoms with E-state index in [1.165, 1.54) is 0 Å². The molecule has 4 amide bonds. The number of ketones is 2. The number of likely N-dealkylation sites (tertiary alicyclic amines) is 1. The normalized spacial score (nSPS) is 23.0. The van der Waals surface area contributed by atoms with Crippen molar-refractivity contribution in [3.63, 3.8) is 0 Å². The molecule has 0 bridgehead atoms. The molecule has 270 valence electrons. The Labute approximate surface area is 289 Å². The van der Waals surface area contributed by atoms with Gasteiger partial charge in [0.25, 0.3) is 5.91 Å². The van der Waals surface area contributed by atoms with Crippen LogP contribution in [0, 0.1) is 39.9 Å². The van der Waals surface area contributed by atoms with E-state index in [-0.39, 0.29) is 42.0 Å². The van der Waals surface area contributed by atoms with Gasteiger partial charge in [0.15, 0.2) is 5.78 Å². The average Bonchev–Trinajstić information content (AvgIpc) is 3.86. The van der Waals surface area contributed by atoms with Gasteiger partial charge >= 0.3 is 12.0 Å². The summed E-state index contributed by atoms with van der Waals surface area (Å²) in [5, 5.41) is 5.54. The van der Waals surface area contributed by atoms with Crippen molar-refractivity contribution in [2.45, 2.75) is 106 Å². The van der Waals surface area contributed by atoms with E-state index < -0.39 is 64.5 Å². The fraction of sp³-hybridized carbons (Fsp3) is 0.676. The number of rotatable bonds is 14. The van der Waals surface area contributed by atoms with Gasteiger partial charge in [0.05, 0.1) is 13.2 Å². The zero-order valence-corrected chi connectivity index (χ0v) is 30.4. The van der Waals surface area contributed by atoms with E-state index in [1.807, 2.05) is 20.8 Å². The second-order valence-corrected chi connectivity index (χ2v) is 16.8. The number of fused-ring (bicyclic) bond motifs is 1. The predicted molar refractivity (Wildman–Crippen MR) is 182 cm³/mol. The molecule has 6 atom stereocenters. The van der Waals surface area contributed by atoms with Crippen LogP contribution in [0.2, 0.25) is 0 Å². The summed E-state index contributed by atoms with van der Waals surface area (Å²) < 4.78 is 10.7. The van der Waals surface area contributed by atoms with Gasteiger partial charge in [-0.15, -0.1) is 0 Å². The Morgan fingerprint density at radius 1 is 0.939 bits per heavy atom. The van der Waals surface area contributed by atoms with Crippen molar-refractivity contribution in [1.82, 2.24) is 15.5 Å². The second-order valence-electron chi connectivity index (χ2n) is 16.8. The van der Waals surface area contributed by atoms with Gasteiger partial charge in [-0.25, -0.2) is 9.59 Å². The lowest BCUT2D eigenvalue weighted by molar-refractivity contribution is -0.150. The number of ether oxygens (including phenoxy) is 2. The van der Waals surface area contributed by atoms with Crippen LogP contribution < -0.4 is 21.1 Å². The summed E-state index contributed by atoms with van der Waals surface area (Å²) in [6, 6.07) is 3.48. The van der Waals surface area contributed by atoms with Crippen molar-refractivity contribution in [2.24, 2.45) is 45.7 Å². The van der Waals surface area contributed by atoms with Crippen LogP contribution >= 0.6 is 0 Å². The molecule has 1 unspecified atom stereocenters. The molecule has 1 aromatic rings. The SMILES string of the molecule is COc1ccc(COC(=O)[C@@H](NC(=O)N[C@H](C(=O)N2C[C@H]3[C@@H]([C@H]2C(=O)CC(CC2CC2)C(=O)C(N)=O)C3(C)C)C(C)(C)C)C(C)(C)C)cc1. The number of primary amides is 1. The summed E-state index contributed by atoms with van der Waals surface area (Å²) >= 11 is 0. The number of hydrogen-bond donors (Lipinski definition) is 3. The van der Waals surface area contributed by atoms with Crippen molar-refractivity contribution in [2.75, 3.05) is 13.7 Å². The standard InChI is InChI=1S/C37H54N4O8/c1-35(2,3)29(39-34(47)40-30(36(4,5)6)33(46)49-19-21-12-14-23(48-9)15-13-21)32(45)41-18-24-26(37(24,7)8)27(41)25(42)17-22(16-20-10-11-20)28(43)31(38)44/h12-15,20,22,24,26-27,29-30H,10-11,16-19H2,1-9H3,(H2,38,44)(H2,39,40,47)/t22?,24-,26-,27+,29+,30+/m0/s1. The molecule has 0 aromatic heterocycles. The predicted octanol–water partition coefficient (Wildman–Crippen LogP) is 3.78. The lowest BCUT2D eigenvalue weighted by Gasteiger charge is -2.38. The highest BCUT2D eigenvalue weighted by Gasteiger charge is 2.69. The van der Waals surface area contributed by atoms with E-state index in [4.69, 9.17) is 15.2 Å². The van der Waals surface area contributed by atoms with Gasteiger partial charge in [-0.2, -0.15) is 0 Å². The van der Waals surface area contributed by atoms with Crippen LogP contribution in [-0.4, -0.2) is 72.1 Å². The Morgan fingerprint density at radius 3 is 2.02 bits per heavy atom. The molecule has 4 N–H and O–H groups in total. The minimum Gasteiger partial charge on any atom is -0.497 e. The number of nitrogens with one attached hydrogen (secondary N) is 2. The van der Waals surface area contributed by atoms with Crippen LogP contribution in [0.15, 0.2) is 24.3 Å². The summed E-state index contributed by atoms with van der Waals surface area (Å²) in [6.45, 7) is 15.3. The number of benzene rings is 1. The Morgan fingerprint density at radius 2 is 1.51 bits per heavy atom. The van der Waals surface area contributed by atoms with Gasteiger partial charge in [-0.1, -0.05) is 80.4 Å². The smallest absolute Gasteiger partial charge is 0.329 e. The van der Waals surface area contributed by atoms with Crippen molar-refractivity contribution >= 4 is 35.4 Å². The van der Waals surface area contributed by atoms with E-state index in [9.17, 15) is 28.8 Å². The third kappa shape index (κ3) is 8.80. The molecule has 3 aliphatic rings. The molecule has 3 fully saturated rings. The first-order valence-electron chi connectivity index (χ1n) is 17.2. The summed E-state index contributed by atoms with van der Waals surface area (Å²) in [5.74, 6) is -2.98. The van der Waals surface area contributed by atoms with E-state index in [0.29, 0.717) is 18.7 Å². The molecule has 1 aromatic carbocycles. The lowest BCUT2D eigenvalue weighted by atomic mass is 9.84. The number of esters is 1. The highest BCUT2D eigenvalue weighted by Crippen LogP contribution is 2.65. The first-order chi connectivity index (χ1) is 22.7. The van der Waals surface area contributed by atoms with Crippen molar-refractivity contribution in [3.05, 3.63) is 29.8 Å². The molecule has 2 saturated carbocycles. The maximum Gasteiger partial charge on any atom is 0.329 e. The Balaban J connectivity index is 1.48. The molecule has 0 spiro atoms. The number of nitrogens with two attached hydrogens (primary N) is 1. The van der Waals surface area contributed by atoms with E-state index in [2.05, 4.69) is 24.5 Å². The molecular formula is C37H54N4O8. The fourth-order valence-corrected chi connectivity index (χ4v) is 7.19. The van der Waals surface area contributed by atoms with E-state index in [1.54, 1.807) is 57.0 Å². The maximum absolute atomic E-state index is 14.3. The highest BCUT2D eigenvalue weighted by atomic mass is 16.5. The second kappa shape index (κ2) is 14.1. The van der Waals surface area contributed by atoms with Crippen LogP contribution in [0.4, 0.5) is 4.79 Å². The van der Waals surface area contributed by atoms with Crippen LogP contribution in [0.3, 0.4) is 0 Å². The highest BCUT2D eigenvalue weighted by molar-refractivity contribution is 6.36. The summed E-state index contributed by atoms with van der Waals surface area (Å²) in [6.07, 6.45) is 2.15. The van der Waals surface area contributed by atoms with Crippen LogP contribution in [-0.2, 0) is 35.3 Å². The number of hydrogen-bond acceptors (Lipinski definition) is 8. The Bertz CT molecular complexity index is 1450. The number of carbonyl (C=O) groups excluding carboxylic acids is 6. The lowest BCUT2D eigenvalue weighted by Crippen LogP contribution is -2.61. The summed E-state index contributed by atoms with van der Waals surface area (Å²) in [5.41, 5.74) is 4.41. The van der Waals surface area contributed by atoms with Gasteiger partial charge < -0.3 is 30.7 Å². The maximum atomic E-state index is 14.3. The molecular weight excluding hydrogens is 628 g/mol. The molecule has 4 rings (SSSR count). The van der Waals surface area contributed by atoms with E-state index in [0.717, 1.165) is 18.4 Å². The topological polar surface area (TPSA) is 174 Å². The summed E-state index contributed by atoms with van der Waals surface area (Å²) in [7, 11) is 1.56. The van der Waals surface area contributed by atoms with Gasteiger partial charge in [0.2, 0.25) is 11.7 Å². The van der Waals surface area contributed by atoms with Crippen LogP contribution in [0.5, 0.6) is 5.75 Å². The minimum absolute atomic E-state index is 0.00256. The molecule has 1 heterocycles. The third-order valence-electron chi connectivity index (χ3n) is 10.5. The number of methoxy groups -OCH3 is 1. The molecule has 49 heavy (non-hydrogen) atoms. The van der Waals surface area contributed by atoms with E-state index >= 15 is 0 Å². The monoisotopic (exact) mass is 682 g/mol. The van der Waals surface area contributed by atoms with Crippen molar-refractivity contribution in [3.8, 4) is 5.75 Å². The molecule has 2 aliphatic carbocycles. The van der Waals surface area contributed by atoms with Gasteiger partial charge in [0.1, 0.15) is 24.4 Å². The number of piperidine rings is 1. The van der Waals surface area contributed by atoms with Crippen LogP contribution in [0.1, 0.15) is 86.6 Å². The van der Waals surface area contributed by atoms with Gasteiger partial charge in [0, 0.05) is 18.9 Å². The molecule has 1 saturated heterocycles. The number of amides is 4. The minimum atomic E-state index is -1.05. The number of urea groups is 1.